The highest BCUT2D eigenvalue weighted by molar-refractivity contribution is 5.83. The van der Waals surface area contributed by atoms with Crippen LogP contribution < -0.4 is 0 Å². The first-order valence-electron chi connectivity index (χ1n) is 4.47. The number of amides is 1. The van der Waals surface area contributed by atoms with Crippen LogP contribution >= 0.6 is 0 Å². The molecule has 2 rings (SSSR count). The molecule has 1 amide bonds. The van der Waals surface area contributed by atoms with E-state index in [1.54, 1.807) is 0 Å². The Morgan fingerprint density at radius 1 is 1.14 bits per heavy atom. The molecule has 0 radical (unpaired) electrons. The Morgan fingerprint density at radius 3 is 2.29 bits per heavy atom. The molecule has 1 aromatic carbocycles. The van der Waals surface area contributed by atoms with Crippen molar-refractivity contribution in [2.45, 2.75) is 13.8 Å². The van der Waals surface area contributed by atoms with E-state index in [0.717, 1.165) is 11.4 Å². The van der Waals surface area contributed by atoms with Crippen LogP contribution in [0.4, 0.5) is 5.69 Å². The Kier molecular flexibility index (Phi) is 2.00. The lowest BCUT2D eigenvalue weighted by molar-refractivity contribution is -0.421. The Bertz CT molecular complexity index is 441. The molecule has 0 aliphatic carbocycles. The summed E-state index contributed by atoms with van der Waals surface area (Å²) in [6.07, 6.45) is 1.53. The number of carbonyl (C=O) groups is 1. The molecular formula is C11H11N2O+. The van der Waals surface area contributed by atoms with Crippen LogP contribution in [0.25, 0.3) is 0 Å². The molecule has 0 N–H and O–H groups in total. The molecule has 1 aromatic rings. The van der Waals surface area contributed by atoms with Gasteiger partial charge in [0, 0.05) is 17.2 Å². The van der Waals surface area contributed by atoms with Gasteiger partial charge in [0.25, 0.3) is 0 Å². The van der Waals surface area contributed by atoms with E-state index in [1.165, 1.54) is 16.3 Å². The summed E-state index contributed by atoms with van der Waals surface area (Å²) in [5, 5.41) is 4.11. The van der Waals surface area contributed by atoms with Crippen LogP contribution in [0.1, 0.15) is 12.5 Å². The third-order valence-corrected chi connectivity index (χ3v) is 2.08. The molecule has 3 nitrogen and oxygen atoms in total. The monoisotopic (exact) mass is 187 g/mol. The lowest BCUT2D eigenvalue weighted by Crippen LogP contribution is -2.06. The highest BCUT2D eigenvalue weighted by Gasteiger charge is 2.26. The van der Waals surface area contributed by atoms with Crippen LogP contribution in [0.2, 0.25) is 0 Å². The van der Waals surface area contributed by atoms with Gasteiger partial charge >= 0.3 is 5.91 Å². The zero-order valence-corrected chi connectivity index (χ0v) is 8.19. The van der Waals surface area contributed by atoms with Gasteiger partial charge in [-0.1, -0.05) is 17.7 Å². The van der Waals surface area contributed by atoms with Crippen LogP contribution in [0.15, 0.2) is 41.2 Å². The summed E-state index contributed by atoms with van der Waals surface area (Å²) in [5.74, 6) is -0.0775. The number of azo groups is 2. The van der Waals surface area contributed by atoms with Gasteiger partial charge in [-0.25, -0.2) is 4.79 Å². The second-order valence-electron chi connectivity index (χ2n) is 3.37. The first-order chi connectivity index (χ1) is 6.66. The van der Waals surface area contributed by atoms with Crippen molar-refractivity contribution in [3.8, 4) is 0 Å². The summed E-state index contributed by atoms with van der Waals surface area (Å²) in [5.41, 5.74) is 2.73. The molecule has 1 aliphatic heterocycles. The molecule has 70 valence electrons. The third kappa shape index (κ3) is 1.48. The lowest BCUT2D eigenvalue weighted by atomic mass is 10.2. The third-order valence-electron chi connectivity index (χ3n) is 2.08. The number of allylic oxidation sites excluding steroid dienone is 1. The number of aryl methyl sites for hydroxylation is 1. The minimum Gasteiger partial charge on any atom is -0.212 e. The molecule has 1 heterocycles. The predicted octanol–water partition coefficient (Wildman–Crippen LogP) is 2.54. The quantitative estimate of drug-likeness (QED) is 0.622. The second kappa shape index (κ2) is 3.18. The summed E-state index contributed by atoms with van der Waals surface area (Å²) in [6, 6.07) is 7.71. The molecule has 1 aliphatic rings. The van der Waals surface area contributed by atoms with Gasteiger partial charge in [0.1, 0.15) is 5.70 Å². The normalized spacial score (nSPS) is 15.4. The lowest BCUT2D eigenvalue weighted by Gasteiger charge is -1.92. The van der Waals surface area contributed by atoms with E-state index in [4.69, 9.17) is 0 Å². The molecule has 0 unspecified atom stereocenters. The Labute approximate surface area is 82.4 Å². The van der Waals surface area contributed by atoms with Crippen molar-refractivity contribution >= 4 is 11.6 Å². The molecule has 3 heteroatoms. The summed E-state index contributed by atoms with van der Waals surface area (Å²) < 4.78 is 1.41. The van der Waals surface area contributed by atoms with Gasteiger partial charge in [-0.15, -0.1) is 0 Å². The molecule has 0 atom stereocenters. The minimum absolute atomic E-state index is 0.0775. The van der Waals surface area contributed by atoms with Gasteiger partial charge in [-0.05, 0) is 18.5 Å². The van der Waals surface area contributed by atoms with E-state index < -0.39 is 0 Å². The largest absolute Gasteiger partial charge is 0.444 e. The number of rotatable bonds is 1. The molecular weight excluding hydrogens is 176 g/mol. The fourth-order valence-corrected chi connectivity index (χ4v) is 1.35. The number of benzene rings is 1. The molecule has 0 spiro atoms. The molecule has 0 fully saturated rings. The molecule has 0 saturated carbocycles. The molecule has 0 bridgehead atoms. The van der Waals surface area contributed by atoms with E-state index in [1.807, 2.05) is 38.1 Å². The number of nitrogens with zero attached hydrogens (tertiary/aromatic N) is 2. The van der Waals surface area contributed by atoms with Gasteiger partial charge in [0.15, 0.2) is 0 Å². The minimum atomic E-state index is -0.0775. The van der Waals surface area contributed by atoms with Crippen LogP contribution in [0, 0.1) is 6.92 Å². The summed E-state index contributed by atoms with van der Waals surface area (Å²) in [7, 11) is 0. The predicted molar refractivity (Wildman–Crippen MR) is 52.3 cm³/mol. The maximum atomic E-state index is 11.4. The first kappa shape index (κ1) is 8.81. The average molecular weight is 187 g/mol. The van der Waals surface area contributed by atoms with E-state index in [0.29, 0.717) is 0 Å². The van der Waals surface area contributed by atoms with Crippen molar-refractivity contribution < 1.29 is 9.49 Å². The smallest absolute Gasteiger partial charge is 0.212 e. The summed E-state index contributed by atoms with van der Waals surface area (Å²) in [6.45, 7) is 3.82. The topological polar surface area (TPSA) is 32.4 Å². The van der Waals surface area contributed by atoms with Crippen molar-refractivity contribution in [2.75, 3.05) is 0 Å². The fourth-order valence-electron chi connectivity index (χ4n) is 1.35. The fraction of sp³-hybridized carbons (Fsp3) is 0.182. The van der Waals surface area contributed by atoms with E-state index >= 15 is 0 Å². The van der Waals surface area contributed by atoms with Crippen LogP contribution in [-0.4, -0.2) is 10.6 Å². The maximum absolute atomic E-state index is 11.4. The Hall–Kier alpha value is -1.77. The van der Waals surface area contributed by atoms with Crippen molar-refractivity contribution in [3.63, 3.8) is 0 Å². The zero-order chi connectivity index (χ0) is 10.1. The SMILES string of the molecule is CC1=CC(=O)[N+](c2ccc(C)cc2)=N1. The van der Waals surface area contributed by atoms with Crippen LogP contribution in [0.5, 0.6) is 0 Å². The zero-order valence-electron chi connectivity index (χ0n) is 8.19. The van der Waals surface area contributed by atoms with Gasteiger partial charge in [0.05, 0.1) is 6.08 Å². The van der Waals surface area contributed by atoms with Crippen LogP contribution in [0.3, 0.4) is 0 Å². The van der Waals surface area contributed by atoms with E-state index in [9.17, 15) is 4.79 Å². The Morgan fingerprint density at radius 2 is 1.79 bits per heavy atom. The molecule has 0 aromatic heterocycles. The molecule has 0 saturated heterocycles. The standard InChI is InChI=1S/C11H11N2O/c1-8-3-5-10(6-4-8)13-11(14)7-9(2)12-13/h3-7H,1-2H3/q+1. The maximum Gasteiger partial charge on any atom is 0.444 e. The summed E-state index contributed by atoms with van der Waals surface area (Å²) >= 11 is 0. The van der Waals surface area contributed by atoms with Crippen molar-refractivity contribution in [2.24, 2.45) is 5.11 Å². The number of hydrogen-bond acceptors (Lipinski definition) is 2. The second-order valence-corrected chi connectivity index (χ2v) is 3.37. The van der Waals surface area contributed by atoms with Crippen LogP contribution in [-0.2, 0) is 4.79 Å². The van der Waals surface area contributed by atoms with Gasteiger partial charge in [-0.3, -0.25) is 0 Å². The highest BCUT2D eigenvalue weighted by Crippen LogP contribution is 2.19. The van der Waals surface area contributed by atoms with Gasteiger partial charge in [-0.2, -0.15) is 0 Å². The highest BCUT2D eigenvalue weighted by atomic mass is 16.2. The molecule has 14 heavy (non-hydrogen) atoms. The van der Waals surface area contributed by atoms with Crippen molar-refractivity contribution in [1.29, 1.82) is 0 Å². The van der Waals surface area contributed by atoms with Gasteiger partial charge in [0.2, 0.25) is 5.69 Å². The number of carbonyl (C=O) groups excluding carboxylic acids is 1. The summed E-state index contributed by atoms with van der Waals surface area (Å²) in [4.78, 5) is 11.4. The average Bonchev–Trinajstić information content (AvgIpc) is 2.47. The van der Waals surface area contributed by atoms with Crippen molar-refractivity contribution in [1.82, 2.24) is 0 Å². The Balaban J connectivity index is 2.39. The van der Waals surface area contributed by atoms with E-state index in [2.05, 4.69) is 5.11 Å². The number of hydrogen-bond donors (Lipinski definition) is 0. The van der Waals surface area contributed by atoms with E-state index in [-0.39, 0.29) is 5.91 Å². The van der Waals surface area contributed by atoms with Crippen molar-refractivity contribution in [3.05, 3.63) is 41.6 Å². The first-order valence-corrected chi connectivity index (χ1v) is 4.47. The van der Waals surface area contributed by atoms with Gasteiger partial charge < -0.3 is 0 Å².